The topological polar surface area (TPSA) is 65.3 Å². The Balaban J connectivity index is 3.45. The van der Waals surface area contributed by atoms with Crippen molar-refractivity contribution in [2.75, 3.05) is 0 Å². The Bertz CT molecular complexity index is 510. The van der Waals surface area contributed by atoms with E-state index < -0.39 is 40.2 Å². The van der Waals surface area contributed by atoms with Crippen LogP contribution in [0.5, 0.6) is 5.88 Å². The summed E-state index contributed by atoms with van der Waals surface area (Å²) < 4.78 is 76.4. The molecule has 0 saturated carbocycles. The SMILES string of the molecule is Cc1c(C(F)(F)F)cnc(OC(F)(F)F)c1[N+](=O)[O-]. The molecule has 1 aromatic heterocycles. The normalized spacial score (nSPS) is 12.4. The first-order valence-corrected chi connectivity index (χ1v) is 4.40. The number of rotatable bonds is 2. The van der Waals surface area contributed by atoms with E-state index in [4.69, 9.17) is 0 Å². The molecule has 0 aliphatic heterocycles. The monoisotopic (exact) mass is 290 g/mol. The molecule has 5 nitrogen and oxygen atoms in total. The number of ether oxygens (including phenoxy) is 1. The molecule has 0 bridgehead atoms. The lowest BCUT2D eigenvalue weighted by molar-refractivity contribution is -0.390. The molecule has 0 radical (unpaired) electrons. The van der Waals surface area contributed by atoms with Gasteiger partial charge >= 0.3 is 24.1 Å². The van der Waals surface area contributed by atoms with E-state index >= 15 is 0 Å². The molecule has 1 aromatic rings. The van der Waals surface area contributed by atoms with Gasteiger partial charge in [0.2, 0.25) is 0 Å². The van der Waals surface area contributed by atoms with Crippen molar-refractivity contribution in [3.8, 4) is 5.88 Å². The van der Waals surface area contributed by atoms with Gasteiger partial charge in [-0.05, 0) is 6.92 Å². The Hall–Kier alpha value is -2.07. The summed E-state index contributed by atoms with van der Waals surface area (Å²) in [7, 11) is 0. The van der Waals surface area contributed by atoms with Gasteiger partial charge in [0.25, 0.3) is 0 Å². The Morgan fingerprint density at radius 1 is 1.26 bits per heavy atom. The molecule has 0 unspecified atom stereocenters. The quantitative estimate of drug-likeness (QED) is 0.476. The third-order valence-corrected chi connectivity index (χ3v) is 1.97. The number of hydrogen-bond donors (Lipinski definition) is 0. The zero-order valence-electron chi connectivity index (χ0n) is 8.96. The van der Waals surface area contributed by atoms with Gasteiger partial charge in [-0.25, -0.2) is 4.98 Å². The summed E-state index contributed by atoms with van der Waals surface area (Å²) >= 11 is 0. The van der Waals surface area contributed by atoms with Gasteiger partial charge in [-0.2, -0.15) is 13.2 Å². The fourth-order valence-corrected chi connectivity index (χ4v) is 1.25. The number of pyridine rings is 1. The van der Waals surface area contributed by atoms with Gasteiger partial charge in [-0.1, -0.05) is 0 Å². The zero-order valence-corrected chi connectivity index (χ0v) is 8.96. The van der Waals surface area contributed by atoms with E-state index in [0.29, 0.717) is 6.92 Å². The smallest absolute Gasteiger partial charge is 0.381 e. The van der Waals surface area contributed by atoms with Gasteiger partial charge in [-0.15, -0.1) is 13.2 Å². The minimum Gasteiger partial charge on any atom is -0.381 e. The van der Waals surface area contributed by atoms with E-state index in [1.807, 2.05) is 0 Å². The summed E-state index contributed by atoms with van der Waals surface area (Å²) in [5, 5.41) is 10.6. The average molecular weight is 290 g/mol. The van der Waals surface area contributed by atoms with Crippen molar-refractivity contribution in [1.29, 1.82) is 0 Å². The van der Waals surface area contributed by atoms with Crippen LogP contribution in [-0.2, 0) is 6.18 Å². The van der Waals surface area contributed by atoms with Crippen molar-refractivity contribution >= 4 is 5.69 Å². The summed E-state index contributed by atoms with van der Waals surface area (Å²) in [5.41, 5.74) is -3.99. The molecule has 106 valence electrons. The average Bonchev–Trinajstić information content (AvgIpc) is 2.11. The van der Waals surface area contributed by atoms with Gasteiger partial charge in [0, 0.05) is 11.8 Å². The highest BCUT2D eigenvalue weighted by molar-refractivity contribution is 5.52. The van der Waals surface area contributed by atoms with Crippen LogP contribution in [0.2, 0.25) is 0 Å². The van der Waals surface area contributed by atoms with E-state index in [1.165, 1.54) is 0 Å². The second-order valence-electron chi connectivity index (χ2n) is 3.25. The Kier molecular flexibility index (Phi) is 3.59. The van der Waals surface area contributed by atoms with Gasteiger partial charge in [0.15, 0.2) is 0 Å². The highest BCUT2D eigenvalue weighted by Crippen LogP contribution is 2.39. The molecule has 0 atom stereocenters. The number of hydrogen-bond acceptors (Lipinski definition) is 4. The maximum atomic E-state index is 12.4. The maximum absolute atomic E-state index is 12.4. The van der Waals surface area contributed by atoms with Crippen LogP contribution in [0.15, 0.2) is 6.20 Å². The molecule has 11 heteroatoms. The van der Waals surface area contributed by atoms with E-state index in [-0.39, 0.29) is 6.20 Å². The van der Waals surface area contributed by atoms with Crippen LogP contribution in [0.3, 0.4) is 0 Å². The second kappa shape index (κ2) is 4.55. The Labute approximate surface area is 101 Å². The van der Waals surface area contributed by atoms with Crippen LogP contribution in [-0.4, -0.2) is 16.3 Å². The second-order valence-corrected chi connectivity index (χ2v) is 3.25. The first-order valence-electron chi connectivity index (χ1n) is 4.40. The fourth-order valence-electron chi connectivity index (χ4n) is 1.25. The van der Waals surface area contributed by atoms with Crippen molar-refractivity contribution in [3.05, 3.63) is 27.4 Å². The molecule has 1 heterocycles. The standard InChI is InChI=1S/C8H4F6N2O3/c1-3-4(7(9,10)11)2-15-6(5(3)16(17)18)19-8(12,13)14/h2H,1H3. The molecule has 0 aromatic carbocycles. The van der Waals surface area contributed by atoms with E-state index in [1.54, 1.807) is 0 Å². The molecule has 0 aliphatic rings. The summed E-state index contributed by atoms with van der Waals surface area (Å²) in [5.74, 6) is -1.54. The van der Waals surface area contributed by atoms with Crippen LogP contribution in [0.4, 0.5) is 32.0 Å². The van der Waals surface area contributed by atoms with E-state index in [2.05, 4.69) is 9.72 Å². The first-order chi connectivity index (χ1) is 8.43. The first kappa shape index (κ1) is 15.0. The predicted octanol–water partition coefficient (Wildman–Crippen LogP) is 3.22. The van der Waals surface area contributed by atoms with Crippen LogP contribution in [0, 0.1) is 17.0 Å². The lowest BCUT2D eigenvalue weighted by Gasteiger charge is -2.13. The third kappa shape index (κ3) is 3.45. The van der Waals surface area contributed by atoms with Crippen molar-refractivity contribution in [2.45, 2.75) is 19.5 Å². The lowest BCUT2D eigenvalue weighted by atomic mass is 10.1. The highest BCUT2D eigenvalue weighted by Gasteiger charge is 2.41. The Morgan fingerprint density at radius 3 is 2.16 bits per heavy atom. The summed E-state index contributed by atoms with van der Waals surface area (Å²) in [6.45, 7) is 0.659. The molecule has 0 amide bonds. The van der Waals surface area contributed by atoms with Crippen molar-refractivity contribution < 1.29 is 36.0 Å². The molecule has 1 rings (SSSR count). The van der Waals surface area contributed by atoms with Crippen molar-refractivity contribution in [1.82, 2.24) is 4.98 Å². The van der Waals surface area contributed by atoms with Gasteiger partial charge < -0.3 is 4.74 Å². The predicted molar refractivity (Wildman–Crippen MR) is 47.3 cm³/mol. The molecule has 19 heavy (non-hydrogen) atoms. The van der Waals surface area contributed by atoms with Gasteiger partial charge in [-0.3, -0.25) is 10.1 Å². The minimum absolute atomic E-state index is 0.0450. The molecule has 0 spiro atoms. The molecule has 0 saturated heterocycles. The summed E-state index contributed by atoms with van der Waals surface area (Å²) in [4.78, 5) is 11.8. The van der Waals surface area contributed by atoms with Crippen LogP contribution < -0.4 is 4.74 Å². The molecule has 0 fully saturated rings. The minimum atomic E-state index is -5.30. The van der Waals surface area contributed by atoms with E-state index in [9.17, 15) is 36.5 Å². The van der Waals surface area contributed by atoms with Gasteiger partial charge in [0.1, 0.15) is 0 Å². The zero-order chi connectivity index (χ0) is 15.0. The maximum Gasteiger partial charge on any atom is 0.574 e. The fraction of sp³-hybridized carbons (Fsp3) is 0.375. The molecule has 0 N–H and O–H groups in total. The number of alkyl halides is 6. The lowest BCUT2D eigenvalue weighted by Crippen LogP contribution is -2.20. The Morgan fingerprint density at radius 2 is 1.79 bits per heavy atom. The van der Waals surface area contributed by atoms with E-state index in [0.717, 1.165) is 0 Å². The molecular weight excluding hydrogens is 286 g/mol. The highest BCUT2D eigenvalue weighted by atomic mass is 19.4. The molecule has 0 aliphatic carbocycles. The summed E-state index contributed by atoms with van der Waals surface area (Å²) in [6.07, 6.45) is -10.2. The van der Waals surface area contributed by atoms with Crippen molar-refractivity contribution in [3.63, 3.8) is 0 Å². The third-order valence-electron chi connectivity index (χ3n) is 1.97. The number of aromatic nitrogens is 1. The van der Waals surface area contributed by atoms with Crippen LogP contribution in [0.1, 0.15) is 11.1 Å². The van der Waals surface area contributed by atoms with Crippen LogP contribution in [0.25, 0.3) is 0 Å². The largest absolute Gasteiger partial charge is 0.574 e. The van der Waals surface area contributed by atoms with Crippen molar-refractivity contribution in [2.24, 2.45) is 0 Å². The number of nitrogens with zero attached hydrogens (tertiary/aromatic N) is 2. The van der Waals surface area contributed by atoms with Gasteiger partial charge in [0.05, 0.1) is 10.5 Å². The summed E-state index contributed by atoms with van der Waals surface area (Å²) in [6, 6.07) is 0. The molecular formula is C8H4F6N2O3. The van der Waals surface area contributed by atoms with Crippen LogP contribution >= 0.6 is 0 Å². The number of halogens is 6. The number of nitro groups is 1.